The molecular weight excluding hydrogens is 389 g/mol. The number of rotatable bonds is 4. The summed E-state index contributed by atoms with van der Waals surface area (Å²) in [6.07, 6.45) is 0.797. The van der Waals surface area contributed by atoms with E-state index < -0.39 is 0 Å². The monoisotopic (exact) mass is 405 g/mol. The molecule has 2 aromatic carbocycles. The number of nitrogens with one attached hydrogen (secondary N) is 1. The maximum atomic E-state index is 12.3. The molecule has 0 aliphatic heterocycles. The van der Waals surface area contributed by atoms with Gasteiger partial charge < -0.3 is 9.88 Å². The van der Waals surface area contributed by atoms with Crippen molar-refractivity contribution in [1.82, 2.24) is 9.55 Å². The number of hydrogen-bond donors (Lipinski definition) is 1. The molecule has 0 bridgehead atoms. The molecule has 1 aromatic heterocycles. The third kappa shape index (κ3) is 3.14. The number of anilines is 1. The second-order valence-electron chi connectivity index (χ2n) is 5.01. The van der Waals surface area contributed by atoms with Gasteiger partial charge in [-0.25, -0.2) is 4.98 Å². The predicted octanol–water partition coefficient (Wildman–Crippen LogP) is 3.84. The number of benzene rings is 2. The lowest BCUT2D eigenvalue weighted by Crippen LogP contribution is -2.20. The first kappa shape index (κ1) is 15.0. The second kappa shape index (κ2) is 6.48. The number of nitrogens with zero attached hydrogens (tertiary/aromatic N) is 2. The van der Waals surface area contributed by atoms with Crippen molar-refractivity contribution in [3.8, 4) is 0 Å². The van der Waals surface area contributed by atoms with Crippen molar-refractivity contribution in [2.24, 2.45) is 0 Å². The number of fused-ring (bicyclic) bond motifs is 1. The highest BCUT2D eigenvalue weighted by Gasteiger charge is 2.12. The Morgan fingerprint density at radius 2 is 2.05 bits per heavy atom. The molecule has 0 fully saturated rings. The van der Waals surface area contributed by atoms with Crippen molar-refractivity contribution in [2.45, 2.75) is 19.9 Å². The van der Waals surface area contributed by atoms with Crippen molar-refractivity contribution in [2.75, 3.05) is 5.32 Å². The topological polar surface area (TPSA) is 46.9 Å². The fourth-order valence-corrected chi connectivity index (χ4v) is 3.03. The molecule has 1 N–H and O–H groups in total. The fraction of sp³-hybridized carbons (Fsp3) is 0.176. The summed E-state index contributed by atoms with van der Waals surface area (Å²) in [6, 6.07) is 15.7. The van der Waals surface area contributed by atoms with Crippen molar-refractivity contribution < 1.29 is 4.79 Å². The van der Waals surface area contributed by atoms with Gasteiger partial charge in [0.25, 0.3) is 0 Å². The van der Waals surface area contributed by atoms with Crippen LogP contribution in [0.4, 0.5) is 5.69 Å². The largest absolute Gasteiger partial charge is 0.325 e. The average Bonchev–Trinajstić information content (AvgIpc) is 2.85. The van der Waals surface area contributed by atoms with E-state index in [1.807, 2.05) is 53.1 Å². The van der Waals surface area contributed by atoms with Crippen molar-refractivity contribution >= 4 is 45.2 Å². The molecule has 0 aliphatic rings. The highest BCUT2D eigenvalue weighted by molar-refractivity contribution is 14.1. The maximum Gasteiger partial charge on any atom is 0.244 e. The van der Waals surface area contributed by atoms with Crippen LogP contribution in [0.1, 0.15) is 12.7 Å². The molecule has 0 spiro atoms. The number of halogens is 1. The summed E-state index contributed by atoms with van der Waals surface area (Å²) in [4.78, 5) is 16.9. The van der Waals surface area contributed by atoms with Crippen LogP contribution in [0.25, 0.3) is 11.0 Å². The van der Waals surface area contributed by atoms with E-state index in [9.17, 15) is 4.79 Å². The molecule has 3 aromatic rings. The predicted molar refractivity (Wildman–Crippen MR) is 96.9 cm³/mol. The van der Waals surface area contributed by atoms with Gasteiger partial charge in [0.15, 0.2) is 0 Å². The highest BCUT2D eigenvalue weighted by Crippen LogP contribution is 2.17. The van der Waals surface area contributed by atoms with E-state index in [1.165, 1.54) is 0 Å². The van der Waals surface area contributed by atoms with Crippen LogP contribution in [-0.2, 0) is 17.8 Å². The zero-order chi connectivity index (χ0) is 15.5. The third-order valence-electron chi connectivity index (χ3n) is 3.46. The zero-order valence-electron chi connectivity index (χ0n) is 12.2. The van der Waals surface area contributed by atoms with Crippen LogP contribution in [0, 0.1) is 3.57 Å². The van der Waals surface area contributed by atoms with E-state index >= 15 is 0 Å². The van der Waals surface area contributed by atoms with Gasteiger partial charge in [-0.2, -0.15) is 0 Å². The van der Waals surface area contributed by atoms with E-state index in [0.717, 1.165) is 32.5 Å². The van der Waals surface area contributed by atoms with Crippen molar-refractivity contribution in [3.05, 3.63) is 57.9 Å². The van der Waals surface area contributed by atoms with E-state index in [-0.39, 0.29) is 12.5 Å². The van der Waals surface area contributed by atoms with E-state index in [4.69, 9.17) is 0 Å². The molecule has 0 saturated carbocycles. The molecule has 5 heteroatoms. The summed E-state index contributed by atoms with van der Waals surface area (Å²) in [5.74, 6) is 0.888. The smallest absolute Gasteiger partial charge is 0.244 e. The number of amides is 1. The van der Waals surface area contributed by atoms with Gasteiger partial charge in [-0.15, -0.1) is 0 Å². The average molecular weight is 405 g/mol. The standard InChI is InChI=1S/C17H16IN3O/c1-2-16-20-14-8-3-4-9-15(14)21(16)11-17(22)19-13-7-5-6-12(18)10-13/h3-10H,2,11H2,1H3,(H,19,22). The Morgan fingerprint density at radius 1 is 1.23 bits per heavy atom. The SMILES string of the molecule is CCc1nc2ccccc2n1CC(=O)Nc1cccc(I)c1. The summed E-state index contributed by atoms with van der Waals surface area (Å²) in [6.45, 7) is 2.32. The van der Waals surface area contributed by atoms with E-state index in [2.05, 4.69) is 39.8 Å². The van der Waals surface area contributed by atoms with Gasteiger partial charge in [0.05, 0.1) is 11.0 Å². The van der Waals surface area contributed by atoms with Gasteiger partial charge in [0.2, 0.25) is 5.91 Å². The van der Waals surface area contributed by atoms with Gasteiger partial charge in [-0.3, -0.25) is 4.79 Å². The van der Waals surface area contributed by atoms with Crippen LogP contribution in [0.2, 0.25) is 0 Å². The molecule has 1 heterocycles. The zero-order valence-corrected chi connectivity index (χ0v) is 14.4. The quantitative estimate of drug-likeness (QED) is 0.671. The molecule has 0 atom stereocenters. The molecule has 0 aliphatic carbocycles. The molecule has 4 nitrogen and oxygen atoms in total. The van der Waals surface area contributed by atoms with Crippen LogP contribution in [0.3, 0.4) is 0 Å². The minimum absolute atomic E-state index is 0.0418. The molecule has 3 rings (SSSR count). The Hall–Kier alpha value is -1.89. The Balaban J connectivity index is 1.85. The highest BCUT2D eigenvalue weighted by atomic mass is 127. The van der Waals surface area contributed by atoms with Crippen molar-refractivity contribution in [3.63, 3.8) is 0 Å². The molecule has 0 radical (unpaired) electrons. The first-order valence-electron chi connectivity index (χ1n) is 7.17. The van der Waals surface area contributed by atoms with Gasteiger partial charge in [0.1, 0.15) is 12.4 Å². The van der Waals surface area contributed by atoms with Crippen LogP contribution in [0.15, 0.2) is 48.5 Å². The second-order valence-corrected chi connectivity index (χ2v) is 6.26. The van der Waals surface area contributed by atoms with Gasteiger partial charge in [0, 0.05) is 15.7 Å². The molecule has 1 amide bonds. The summed E-state index contributed by atoms with van der Waals surface area (Å²) >= 11 is 2.23. The summed E-state index contributed by atoms with van der Waals surface area (Å²) in [5.41, 5.74) is 2.75. The number of para-hydroxylation sites is 2. The molecule has 112 valence electrons. The number of hydrogen-bond acceptors (Lipinski definition) is 2. The summed E-state index contributed by atoms with van der Waals surface area (Å²) in [7, 11) is 0. The van der Waals surface area contributed by atoms with Crippen molar-refractivity contribution in [1.29, 1.82) is 0 Å². The number of carbonyl (C=O) groups is 1. The van der Waals surface area contributed by atoms with Gasteiger partial charge in [-0.1, -0.05) is 25.1 Å². The maximum absolute atomic E-state index is 12.3. The Bertz CT molecular complexity index is 826. The summed E-state index contributed by atoms with van der Waals surface area (Å²) in [5, 5.41) is 2.94. The first-order chi connectivity index (χ1) is 10.7. The number of aromatic nitrogens is 2. The number of carbonyl (C=O) groups excluding carboxylic acids is 1. The normalized spacial score (nSPS) is 10.8. The fourth-order valence-electron chi connectivity index (χ4n) is 2.48. The lowest BCUT2D eigenvalue weighted by atomic mass is 10.3. The minimum atomic E-state index is -0.0418. The Morgan fingerprint density at radius 3 is 2.82 bits per heavy atom. The van der Waals surface area contributed by atoms with Crippen LogP contribution in [0.5, 0.6) is 0 Å². The lowest BCUT2D eigenvalue weighted by molar-refractivity contribution is -0.116. The molecule has 22 heavy (non-hydrogen) atoms. The lowest BCUT2D eigenvalue weighted by Gasteiger charge is -2.09. The molecular formula is C17H16IN3O. The number of aryl methyl sites for hydroxylation is 1. The molecule has 0 saturated heterocycles. The van der Waals surface area contributed by atoms with Gasteiger partial charge in [-0.05, 0) is 52.9 Å². The minimum Gasteiger partial charge on any atom is -0.325 e. The third-order valence-corrected chi connectivity index (χ3v) is 4.13. The van der Waals surface area contributed by atoms with Crippen LogP contribution in [-0.4, -0.2) is 15.5 Å². The Labute approximate surface area is 142 Å². The Kier molecular flexibility index (Phi) is 4.42. The molecule has 0 unspecified atom stereocenters. The van der Waals surface area contributed by atoms with Crippen LogP contribution < -0.4 is 5.32 Å². The van der Waals surface area contributed by atoms with E-state index in [0.29, 0.717) is 0 Å². The van der Waals surface area contributed by atoms with E-state index in [1.54, 1.807) is 0 Å². The first-order valence-corrected chi connectivity index (χ1v) is 8.25. The number of imidazole rings is 1. The van der Waals surface area contributed by atoms with Gasteiger partial charge >= 0.3 is 0 Å². The van der Waals surface area contributed by atoms with Crippen LogP contribution >= 0.6 is 22.6 Å². The summed E-state index contributed by atoms with van der Waals surface area (Å²) < 4.78 is 3.08.